The maximum absolute atomic E-state index is 12.9. The lowest BCUT2D eigenvalue weighted by molar-refractivity contribution is -0.135. The van der Waals surface area contributed by atoms with Crippen molar-refractivity contribution >= 4 is 23.5 Å². The Balaban J connectivity index is 1.91. The maximum atomic E-state index is 12.9. The number of carbonyl (C=O) groups excluding carboxylic acids is 4. The largest absolute Gasteiger partial charge is 0.427 e. The Bertz CT molecular complexity index is 893. The third-order valence-electron chi connectivity index (χ3n) is 4.33. The average Bonchev–Trinajstić information content (AvgIpc) is 2.66. The van der Waals surface area contributed by atoms with E-state index >= 15 is 0 Å². The van der Waals surface area contributed by atoms with Crippen LogP contribution in [0.15, 0.2) is 36.4 Å². The number of esters is 2. The zero-order chi connectivity index (χ0) is 20.3. The fraction of sp³-hybridized carbons (Fsp3) is 0.273. The van der Waals surface area contributed by atoms with Gasteiger partial charge in [-0.1, -0.05) is 13.8 Å². The van der Waals surface area contributed by atoms with Gasteiger partial charge in [0.15, 0.2) is 11.6 Å². The molecule has 0 fully saturated rings. The van der Waals surface area contributed by atoms with E-state index in [2.05, 4.69) is 0 Å². The molecule has 0 heterocycles. The first-order valence-electron chi connectivity index (χ1n) is 9.23. The summed E-state index contributed by atoms with van der Waals surface area (Å²) in [6.07, 6.45) is 1.85. The van der Waals surface area contributed by atoms with E-state index in [0.717, 1.165) is 0 Å². The van der Waals surface area contributed by atoms with Gasteiger partial charge in [-0.3, -0.25) is 19.2 Å². The predicted molar refractivity (Wildman–Crippen MR) is 101 cm³/mol. The monoisotopic (exact) mass is 380 g/mol. The summed E-state index contributed by atoms with van der Waals surface area (Å²) in [5.74, 6) is -1.01. The lowest BCUT2D eigenvalue weighted by Crippen LogP contribution is -2.21. The Morgan fingerprint density at radius 2 is 1.07 bits per heavy atom. The van der Waals surface area contributed by atoms with Crippen molar-refractivity contribution in [3.05, 3.63) is 58.7 Å². The van der Waals surface area contributed by atoms with Gasteiger partial charge in [0.2, 0.25) is 0 Å². The lowest BCUT2D eigenvalue weighted by Gasteiger charge is -2.18. The number of rotatable bonds is 6. The second-order valence-electron chi connectivity index (χ2n) is 6.52. The molecule has 0 unspecified atom stereocenters. The summed E-state index contributed by atoms with van der Waals surface area (Å²) in [6.45, 7) is 3.72. The molecule has 0 atom stereocenters. The number of ether oxygens (including phenoxy) is 2. The third kappa shape index (κ3) is 3.86. The van der Waals surface area contributed by atoms with Crippen molar-refractivity contribution in [2.45, 2.75) is 39.5 Å². The van der Waals surface area contributed by atoms with Crippen LogP contribution < -0.4 is 9.47 Å². The van der Waals surface area contributed by atoms with Crippen LogP contribution >= 0.6 is 0 Å². The Labute approximate surface area is 162 Å². The Morgan fingerprint density at radius 3 is 1.43 bits per heavy atom. The molecular formula is C22H20O6. The van der Waals surface area contributed by atoms with Crippen LogP contribution in [0, 0.1) is 0 Å². The quantitative estimate of drug-likeness (QED) is 0.476. The summed E-state index contributed by atoms with van der Waals surface area (Å²) in [4.78, 5) is 49.1. The van der Waals surface area contributed by atoms with Crippen LogP contribution in [0.25, 0.3) is 0 Å². The summed E-state index contributed by atoms with van der Waals surface area (Å²) in [7, 11) is 0. The molecule has 2 aromatic carbocycles. The molecule has 0 aromatic heterocycles. The zero-order valence-corrected chi connectivity index (χ0v) is 15.7. The summed E-state index contributed by atoms with van der Waals surface area (Å²) in [6, 6.07) is 8.77. The second kappa shape index (κ2) is 8.17. The minimum absolute atomic E-state index is 0.190. The van der Waals surface area contributed by atoms with E-state index in [-0.39, 0.29) is 58.2 Å². The van der Waals surface area contributed by atoms with Gasteiger partial charge in [0.1, 0.15) is 11.5 Å². The number of ketones is 2. The summed E-state index contributed by atoms with van der Waals surface area (Å²) >= 11 is 0. The van der Waals surface area contributed by atoms with Gasteiger partial charge in [0.25, 0.3) is 0 Å². The van der Waals surface area contributed by atoms with Crippen LogP contribution in [-0.4, -0.2) is 23.5 Å². The van der Waals surface area contributed by atoms with E-state index in [0.29, 0.717) is 12.8 Å². The number of hydrogen-bond donors (Lipinski definition) is 0. The van der Waals surface area contributed by atoms with Crippen molar-refractivity contribution < 1.29 is 28.7 Å². The van der Waals surface area contributed by atoms with Gasteiger partial charge < -0.3 is 9.47 Å². The second-order valence-corrected chi connectivity index (χ2v) is 6.52. The van der Waals surface area contributed by atoms with Crippen molar-refractivity contribution in [3.63, 3.8) is 0 Å². The van der Waals surface area contributed by atoms with E-state index in [4.69, 9.17) is 9.47 Å². The minimum Gasteiger partial charge on any atom is -0.427 e. The Kier molecular flexibility index (Phi) is 5.68. The first-order valence-corrected chi connectivity index (χ1v) is 9.23. The third-order valence-corrected chi connectivity index (χ3v) is 4.33. The number of fused-ring (bicyclic) bond motifs is 2. The van der Waals surface area contributed by atoms with Crippen molar-refractivity contribution in [1.29, 1.82) is 0 Å². The highest BCUT2D eigenvalue weighted by Gasteiger charge is 2.30. The molecule has 28 heavy (non-hydrogen) atoms. The van der Waals surface area contributed by atoms with Crippen LogP contribution in [0.1, 0.15) is 71.4 Å². The van der Waals surface area contributed by atoms with E-state index in [9.17, 15) is 19.2 Å². The van der Waals surface area contributed by atoms with Crippen LogP contribution in [-0.2, 0) is 9.59 Å². The first-order chi connectivity index (χ1) is 13.4. The zero-order valence-electron chi connectivity index (χ0n) is 15.7. The first kappa shape index (κ1) is 19.5. The van der Waals surface area contributed by atoms with E-state index in [1.54, 1.807) is 0 Å². The molecule has 144 valence electrons. The number of benzene rings is 2. The molecule has 0 saturated carbocycles. The minimum atomic E-state index is -0.393. The molecule has 0 radical (unpaired) electrons. The van der Waals surface area contributed by atoms with E-state index in [1.165, 1.54) is 36.4 Å². The molecule has 6 nitrogen and oxygen atoms in total. The van der Waals surface area contributed by atoms with Gasteiger partial charge in [-0.05, 0) is 49.2 Å². The molecule has 1 aliphatic carbocycles. The topological polar surface area (TPSA) is 86.7 Å². The van der Waals surface area contributed by atoms with Crippen LogP contribution in [0.4, 0.5) is 0 Å². The van der Waals surface area contributed by atoms with Crippen molar-refractivity contribution in [3.8, 4) is 11.5 Å². The van der Waals surface area contributed by atoms with Crippen LogP contribution in [0.5, 0.6) is 11.5 Å². The van der Waals surface area contributed by atoms with Crippen molar-refractivity contribution in [2.24, 2.45) is 0 Å². The average molecular weight is 380 g/mol. The number of carbonyl (C=O) groups is 4. The molecule has 0 N–H and O–H groups in total. The maximum Gasteiger partial charge on any atom is 0.311 e. The van der Waals surface area contributed by atoms with Gasteiger partial charge in [-0.2, -0.15) is 0 Å². The van der Waals surface area contributed by atoms with Gasteiger partial charge in [-0.25, -0.2) is 0 Å². The smallest absolute Gasteiger partial charge is 0.311 e. The number of hydrogen-bond acceptors (Lipinski definition) is 6. The molecule has 1 aliphatic rings. The Hall–Kier alpha value is -3.28. The molecular weight excluding hydrogens is 360 g/mol. The summed E-state index contributed by atoms with van der Waals surface area (Å²) in [5.41, 5.74) is 0.833. The van der Waals surface area contributed by atoms with Crippen LogP contribution in [0.3, 0.4) is 0 Å². The fourth-order valence-electron chi connectivity index (χ4n) is 3.01. The van der Waals surface area contributed by atoms with Crippen LogP contribution in [0.2, 0.25) is 0 Å². The highest BCUT2D eigenvalue weighted by atomic mass is 16.5. The molecule has 0 bridgehead atoms. The van der Waals surface area contributed by atoms with E-state index in [1.807, 2.05) is 13.8 Å². The summed E-state index contributed by atoms with van der Waals surface area (Å²) in [5, 5.41) is 0. The highest BCUT2D eigenvalue weighted by Crippen LogP contribution is 2.32. The molecule has 2 aromatic rings. The normalized spacial score (nSPS) is 12.2. The molecule has 0 aliphatic heterocycles. The van der Waals surface area contributed by atoms with Gasteiger partial charge >= 0.3 is 11.9 Å². The Morgan fingerprint density at radius 1 is 0.679 bits per heavy atom. The van der Waals surface area contributed by atoms with Gasteiger partial charge in [0, 0.05) is 35.1 Å². The molecule has 3 rings (SSSR count). The molecule has 0 saturated heterocycles. The van der Waals surface area contributed by atoms with Crippen molar-refractivity contribution in [2.75, 3.05) is 0 Å². The van der Waals surface area contributed by atoms with Gasteiger partial charge in [0.05, 0.1) is 0 Å². The van der Waals surface area contributed by atoms with E-state index < -0.39 is 11.9 Å². The highest BCUT2D eigenvalue weighted by molar-refractivity contribution is 6.28. The standard InChI is InChI=1S/C22H20O6/c1-3-5-19(23)27-13-7-9-15-17(11-13)21(25)16-10-8-14(12-18(16)22(15)26)28-20(24)6-4-2/h7-12H,3-6H2,1-2H3. The SMILES string of the molecule is CCCC(=O)Oc1ccc2c(c1)C(=O)c1ccc(OC(=O)CCC)cc1C2=O. The fourth-order valence-corrected chi connectivity index (χ4v) is 3.01. The molecule has 6 heteroatoms. The predicted octanol–water partition coefficient (Wildman–Crippen LogP) is 3.87. The van der Waals surface area contributed by atoms with Gasteiger partial charge in [-0.15, -0.1) is 0 Å². The summed E-state index contributed by atoms with van der Waals surface area (Å²) < 4.78 is 10.4. The molecule has 0 spiro atoms. The van der Waals surface area contributed by atoms with Crippen molar-refractivity contribution in [1.82, 2.24) is 0 Å². The lowest BCUT2D eigenvalue weighted by atomic mass is 9.84. The molecule has 0 amide bonds.